The molecule has 0 fully saturated rings. The minimum Gasteiger partial charge on any atom is -0.492 e. The average molecular weight is 264 g/mol. The van der Waals surface area contributed by atoms with E-state index in [9.17, 15) is 4.79 Å². The summed E-state index contributed by atoms with van der Waals surface area (Å²) in [4.78, 5) is 11.9. The normalized spacial score (nSPS) is 12.0. The molecule has 1 atom stereocenters. The van der Waals surface area contributed by atoms with Crippen molar-refractivity contribution in [2.24, 2.45) is 11.7 Å². The van der Waals surface area contributed by atoms with E-state index in [2.05, 4.69) is 5.32 Å². The van der Waals surface area contributed by atoms with E-state index in [4.69, 9.17) is 10.5 Å². The average Bonchev–Trinajstić information content (AvgIpc) is 2.39. The van der Waals surface area contributed by atoms with Crippen LogP contribution in [0.4, 0.5) is 5.69 Å². The molecule has 0 aliphatic carbocycles. The Balaban J connectivity index is 2.62. The maximum absolute atomic E-state index is 11.9. The number of hydrogen-bond donors (Lipinski definition) is 2. The molecule has 1 unspecified atom stereocenters. The number of aryl methyl sites for hydroxylation is 1. The molecule has 106 valence electrons. The lowest BCUT2D eigenvalue weighted by molar-refractivity contribution is -0.116. The summed E-state index contributed by atoms with van der Waals surface area (Å²) in [6, 6.07) is 5.77. The van der Waals surface area contributed by atoms with Crippen molar-refractivity contribution >= 4 is 11.6 Å². The van der Waals surface area contributed by atoms with E-state index < -0.39 is 0 Å². The predicted octanol–water partition coefficient (Wildman–Crippen LogP) is 2.71. The Morgan fingerprint density at radius 3 is 2.84 bits per heavy atom. The molecule has 0 saturated carbocycles. The number of carbonyl (C=O) groups excluding carboxylic acids is 1. The number of carbonyl (C=O) groups is 1. The van der Waals surface area contributed by atoms with Crippen LogP contribution in [-0.2, 0) is 4.79 Å². The Kier molecular flexibility index (Phi) is 6.36. The van der Waals surface area contributed by atoms with Crippen molar-refractivity contribution in [3.8, 4) is 5.75 Å². The number of nitrogens with two attached hydrogens (primary N) is 1. The lowest BCUT2D eigenvalue weighted by Gasteiger charge is -2.13. The number of amides is 1. The number of hydrogen-bond acceptors (Lipinski definition) is 3. The molecule has 0 aliphatic rings. The smallest absolute Gasteiger partial charge is 0.224 e. The standard InChI is InChI=1S/C15H24N2O2/c1-4-19-14-9-11(2)5-7-13(14)17-15(18)8-6-12(3)10-16/h5,7,9,12H,4,6,8,10,16H2,1-3H3,(H,17,18). The molecule has 0 aliphatic heterocycles. The van der Waals surface area contributed by atoms with E-state index in [-0.39, 0.29) is 5.91 Å². The summed E-state index contributed by atoms with van der Waals surface area (Å²) in [6.45, 7) is 7.16. The molecule has 0 spiro atoms. The quantitative estimate of drug-likeness (QED) is 0.796. The summed E-state index contributed by atoms with van der Waals surface area (Å²) in [6.07, 6.45) is 1.29. The highest BCUT2D eigenvalue weighted by Crippen LogP contribution is 2.26. The van der Waals surface area contributed by atoms with Gasteiger partial charge in [0.05, 0.1) is 12.3 Å². The van der Waals surface area contributed by atoms with Crippen molar-refractivity contribution in [3.05, 3.63) is 23.8 Å². The number of ether oxygens (including phenoxy) is 1. The van der Waals surface area contributed by atoms with E-state index in [1.165, 1.54) is 0 Å². The molecular formula is C15H24N2O2. The molecule has 0 heterocycles. The van der Waals surface area contributed by atoms with Crippen LogP contribution in [0, 0.1) is 12.8 Å². The molecule has 4 heteroatoms. The van der Waals surface area contributed by atoms with E-state index >= 15 is 0 Å². The Labute approximate surface area is 115 Å². The van der Waals surface area contributed by atoms with Gasteiger partial charge in [-0.2, -0.15) is 0 Å². The maximum atomic E-state index is 11.9. The zero-order chi connectivity index (χ0) is 14.3. The van der Waals surface area contributed by atoms with E-state index in [0.717, 1.165) is 23.4 Å². The first-order valence-electron chi connectivity index (χ1n) is 6.80. The zero-order valence-corrected chi connectivity index (χ0v) is 12.0. The van der Waals surface area contributed by atoms with Crippen molar-refractivity contribution in [1.29, 1.82) is 0 Å². The van der Waals surface area contributed by atoms with Gasteiger partial charge in [0.2, 0.25) is 5.91 Å². The second-order valence-electron chi connectivity index (χ2n) is 4.86. The number of benzene rings is 1. The molecule has 0 bridgehead atoms. The first-order valence-corrected chi connectivity index (χ1v) is 6.80. The van der Waals surface area contributed by atoms with Gasteiger partial charge in [-0.3, -0.25) is 4.79 Å². The maximum Gasteiger partial charge on any atom is 0.224 e. The summed E-state index contributed by atoms with van der Waals surface area (Å²) >= 11 is 0. The van der Waals surface area contributed by atoms with Crippen molar-refractivity contribution in [1.82, 2.24) is 0 Å². The summed E-state index contributed by atoms with van der Waals surface area (Å²) in [5.41, 5.74) is 7.38. The van der Waals surface area contributed by atoms with Crippen molar-refractivity contribution < 1.29 is 9.53 Å². The summed E-state index contributed by atoms with van der Waals surface area (Å²) in [7, 11) is 0. The molecule has 4 nitrogen and oxygen atoms in total. The van der Waals surface area contributed by atoms with Crippen LogP contribution in [0.1, 0.15) is 32.3 Å². The van der Waals surface area contributed by atoms with Gasteiger partial charge in [-0.05, 0) is 50.4 Å². The van der Waals surface area contributed by atoms with E-state index in [1.807, 2.05) is 39.0 Å². The predicted molar refractivity (Wildman–Crippen MR) is 78.4 cm³/mol. The van der Waals surface area contributed by atoms with E-state index in [0.29, 0.717) is 25.5 Å². The van der Waals surface area contributed by atoms with Crippen LogP contribution < -0.4 is 15.8 Å². The molecule has 3 N–H and O–H groups in total. The van der Waals surface area contributed by atoms with Gasteiger partial charge in [0, 0.05) is 6.42 Å². The number of rotatable bonds is 7. The highest BCUT2D eigenvalue weighted by molar-refractivity contribution is 5.92. The molecule has 1 aromatic rings. The van der Waals surface area contributed by atoms with Crippen LogP contribution in [0.2, 0.25) is 0 Å². The van der Waals surface area contributed by atoms with Gasteiger partial charge >= 0.3 is 0 Å². The minimum absolute atomic E-state index is 0.00473. The van der Waals surface area contributed by atoms with Gasteiger partial charge in [-0.25, -0.2) is 0 Å². The molecule has 0 aromatic heterocycles. The molecule has 19 heavy (non-hydrogen) atoms. The van der Waals surface area contributed by atoms with E-state index in [1.54, 1.807) is 0 Å². The summed E-state index contributed by atoms with van der Waals surface area (Å²) in [5.74, 6) is 1.10. The fraction of sp³-hybridized carbons (Fsp3) is 0.533. The van der Waals surface area contributed by atoms with Gasteiger partial charge < -0.3 is 15.8 Å². The van der Waals surface area contributed by atoms with Crippen LogP contribution >= 0.6 is 0 Å². The van der Waals surface area contributed by atoms with Crippen LogP contribution in [0.5, 0.6) is 5.75 Å². The lowest BCUT2D eigenvalue weighted by atomic mass is 10.1. The molecule has 1 rings (SSSR count). The Bertz CT molecular complexity index is 419. The SMILES string of the molecule is CCOc1cc(C)ccc1NC(=O)CCC(C)CN. The van der Waals surface area contributed by atoms with Crippen LogP contribution in [0.15, 0.2) is 18.2 Å². The molecule has 1 aromatic carbocycles. The topological polar surface area (TPSA) is 64.3 Å². The van der Waals surface area contributed by atoms with Crippen molar-refractivity contribution in [2.45, 2.75) is 33.6 Å². The van der Waals surface area contributed by atoms with Gasteiger partial charge in [-0.15, -0.1) is 0 Å². The third-order valence-corrected chi connectivity index (χ3v) is 2.98. The van der Waals surface area contributed by atoms with Crippen molar-refractivity contribution in [3.63, 3.8) is 0 Å². The van der Waals surface area contributed by atoms with Crippen molar-refractivity contribution in [2.75, 3.05) is 18.5 Å². The Morgan fingerprint density at radius 2 is 2.21 bits per heavy atom. The first kappa shape index (κ1) is 15.5. The fourth-order valence-electron chi connectivity index (χ4n) is 1.72. The minimum atomic E-state index is 0.00473. The third kappa shape index (κ3) is 5.30. The lowest BCUT2D eigenvalue weighted by Crippen LogP contribution is -2.16. The monoisotopic (exact) mass is 264 g/mol. The largest absolute Gasteiger partial charge is 0.492 e. The zero-order valence-electron chi connectivity index (χ0n) is 12.0. The Hall–Kier alpha value is -1.55. The number of anilines is 1. The van der Waals surface area contributed by atoms with Crippen LogP contribution in [0.25, 0.3) is 0 Å². The first-order chi connectivity index (χ1) is 9.06. The van der Waals surface area contributed by atoms with Gasteiger partial charge in [0.1, 0.15) is 5.75 Å². The number of nitrogens with one attached hydrogen (secondary N) is 1. The second-order valence-corrected chi connectivity index (χ2v) is 4.86. The summed E-state index contributed by atoms with van der Waals surface area (Å²) < 4.78 is 5.53. The highest BCUT2D eigenvalue weighted by Gasteiger charge is 2.09. The molecular weight excluding hydrogens is 240 g/mol. The highest BCUT2D eigenvalue weighted by atomic mass is 16.5. The van der Waals surface area contributed by atoms with Crippen LogP contribution in [0.3, 0.4) is 0 Å². The fourth-order valence-corrected chi connectivity index (χ4v) is 1.72. The second kappa shape index (κ2) is 7.79. The van der Waals surface area contributed by atoms with Crippen LogP contribution in [-0.4, -0.2) is 19.1 Å². The van der Waals surface area contributed by atoms with Gasteiger partial charge in [-0.1, -0.05) is 13.0 Å². The Morgan fingerprint density at radius 1 is 1.47 bits per heavy atom. The summed E-state index contributed by atoms with van der Waals surface area (Å²) in [5, 5.41) is 2.90. The molecule has 1 amide bonds. The molecule has 0 radical (unpaired) electrons. The van der Waals surface area contributed by atoms with Gasteiger partial charge in [0.25, 0.3) is 0 Å². The third-order valence-electron chi connectivity index (χ3n) is 2.98. The van der Waals surface area contributed by atoms with Gasteiger partial charge in [0.15, 0.2) is 0 Å². The molecule has 0 saturated heterocycles.